The fraction of sp³-hybridized carbons (Fsp3) is 0.632. The molecular weight excluding hydrogens is 445 g/mol. The highest BCUT2D eigenvalue weighted by atomic mass is 127. The summed E-state index contributed by atoms with van der Waals surface area (Å²) in [5, 5.41) is 3.28. The number of hydrogen-bond acceptors (Lipinski definition) is 4. The number of nitrogens with two attached hydrogens (primary N) is 1. The van der Waals surface area contributed by atoms with E-state index in [2.05, 4.69) is 28.5 Å². The van der Waals surface area contributed by atoms with Crippen molar-refractivity contribution in [2.45, 2.75) is 50.4 Å². The predicted molar refractivity (Wildman–Crippen MR) is 112 cm³/mol. The van der Waals surface area contributed by atoms with Crippen molar-refractivity contribution in [2.24, 2.45) is 10.7 Å². The topological polar surface area (TPSA) is 78.1 Å². The Balaban J connectivity index is 0.00000196. The second-order valence-corrected chi connectivity index (χ2v) is 7.08. The highest BCUT2D eigenvalue weighted by molar-refractivity contribution is 14.0. The smallest absolute Gasteiger partial charge is 0.193 e. The number of aliphatic imine (C=N–C) groups is 1. The van der Waals surface area contributed by atoms with Crippen molar-refractivity contribution >= 4 is 35.6 Å². The Labute approximate surface area is 171 Å². The normalized spacial score (nSPS) is 24.8. The molecule has 2 saturated heterocycles. The monoisotopic (exact) mass is 473 g/mol. The van der Waals surface area contributed by atoms with Gasteiger partial charge in [0.25, 0.3) is 0 Å². The van der Waals surface area contributed by atoms with E-state index in [-0.39, 0.29) is 30.1 Å². The van der Waals surface area contributed by atoms with Crippen LogP contribution in [0.5, 0.6) is 0 Å². The van der Waals surface area contributed by atoms with Gasteiger partial charge in [-0.2, -0.15) is 0 Å². The molecule has 3 N–H and O–H groups in total. The molecule has 1 atom stereocenters. The molecule has 1 aromatic rings. The van der Waals surface area contributed by atoms with Gasteiger partial charge >= 0.3 is 0 Å². The number of nitrogens with zero attached hydrogens (tertiary/aromatic N) is 1. The van der Waals surface area contributed by atoms with Gasteiger partial charge in [0.15, 0.2) is 11.7 Å². The Kier molecular flexibility index (Phi) is 6.76. The summed E-state index contributed by atoms with van der Waals surface area (Å²) in [5.41, 5.74) is 10.0. The number of aryl methyl sites for hydroxylation is 1. The molecule has 1 aromatic carbocycles. The summed E-state index contributed by atoms with van der Waals surface area (Å²) in [6.07, 6.45) is 6.31. The number of benzene rings is 1. The van der Waals surface area contributed by atoms with Crippen LogP contribution in [-0.4, -0.2) is 44.2 Å². The lowest BCUT2D eigenvalue weighted by molar-refractivity contribution is -0.210. The molecule has 144 valence electrons. The van der Waals surface area contributed by atoms with Crippen molar-refractivity contribution in [1.82, 2.24) is 0 Å². The van der Waals surface area contributed by atoms with Gasteiger partial charge in [-0.1, -0.05) is 12.1 Å². The summed E-state index contributed by atoms with van der Waals surface area (Å²) >= 11 is 0. The minimum Gasteiger partial charge on any atom is -0.381 e. The Morgan fingerprint density at radius 3 is 2.88 bits per heavy atom. The van der Waals surface area contributed by atoms with E-state index in [1.54, 1.807) is 0 Å². The molecule has 0 aromatic heterocycles. The first kappa shape index (κ1) is 19.9. The second-order valence-electron chi connectivity index (χ2n) is 7.08. The zero-order valence-electron chi connectivity index (χ0n) is 15.0. The van der Waals surface area contributed by atoms with Gasteiger partial charge in [0.1, 0.15) is 6.10 Å². The molecule has 1 aliphatic carbocycles. The number of guanidine groups is 1. The van der Waals surface area contributed by atoms with E-state index in [1.165, 1.54) is 24.0 Å². The van der Waals surface area contributed by atoms with Crippen LogP contribution >= 0.6 is 24.0 Å². The van der Waals surface area contributed by atoms with Crippen LogP contribution < -0.4 is 11.1 Å². The maximum atomic E-state index is 6.11. The van der Waals surface area contributed by atoms with Crippen LogP contribution in [0.3, 0.4) is 0 Å². The summed E-state index contributed by atoms with van der Waals surface area (Å²) in [6.45, 7) is 2.46. The Hall–Kier alpha value is -0.900. The predicted octanol–water partition coefficient (Wildman–Crippen LogP) is 2.83. The molecule has 0 radical (unpaired) electrons. The third-order valence-corrected chi connectivity index (χ3v) is 5.29. The van der Waals surface area contributed by atoms with Gasteiger partial charge in [-0.15, -0.1) is 24.0 Å². The van der Waals surface area contributed by atoms with Gasteiger partial charge in [-0.25, -0.2) is 0 Å². The number of ether oxygens (including phenoxy) is 3. The van der Waals surface area contributed by atoms with Gasteiger partial charge in [0.2, 0.25) is 0 Å². The Morgan fingerprint density at radius 2 is 2.04 bits per heavy atom. The lowest BCUT2D eigenvalue weighted by Crippen LogP contribution is -2.38. The minimum atomic E-state index is -0.459. The largest absolute Gasteiger partial charge is 0.381 e. The van der Waals surface area contributed by atoms with Crippen molar-refractivity contribution in [3.63, 3.8) is 0 Å². The van der Waals surface area contributed by atoms with Crippen LogP contribution in [-0.2, 0) is 27.1 Å². The molecule has 3 aliphatic rings. The highest BCUT2D eigenvalue weighted by Gasteiger charge is 2.42. The molecule has 2 aliphatic heterocycles. The van der Waals surface area contributed by atoms with Crippen molar-refractivity contribution < 1.29 is 14.2 Å². The van der Waals surface area contributed by atoms with Gasteiger partial charge in [-0.05, 0) is 42.9 Å². The van der Waals surface area contributed by atoms with Crippen LogP contribution in [0, 0.1) is 0 Å². The van der Waals surface area contributed by atoms with E-state index in [0.29, 0.717) is 32.3 Å². The lowest BCUT2D eigenvalue weighted by Gasteiger charge is -2.31. The quantitative estimate of drug-likeness (QED) is 0.401. The fourth-order valence-electron chi connectivity index (χ4n) is 3.93. The molecule has 0 amide bonds. The summed E-state index contributed by atoms with van der Waals surface area (Å²) < 4.78 is 17.4. The number of fused-ring (bicyclic) bond motifs is 1. The molecule has 26 heavy (non-hydrogen) atoms. The first-order valence-electron chi connectivity index (χ1n) is 9.31. The Morgan fingerprint density at radius 1 is 1.23 bits per heavy atom. The standard InChI is InChI=1S/C19H27N3O3.HI/c20-18(22-17-7-3-5-14-4-1-2-6-16(14)17)21-12-15-13-24-19(25-15)8-10-23-11-9-19;/h3,5,7,15H,1-2,4,6,8-13H2,(H3,20,21,22);1H. The fourth-order valence-corrected chi connectivity index (χ4v) is 3.93. The molecule has 4 rings (SSSR count). The molecule has 0 bridgehead atoms. The highest BCUT2D eigenvalue weighted by Crippen LogP contribution is 2.33. The number of nitrogens with one attached hydrogen (secondary N) is 1. The van der Waals surface area contributed by atoms with Crippen LogP contribution in [0.4, 0.5) is 5.69 Å². The van der Waals surface area contributed by atoms with E-state index in [0.717, 1.165) is 31.4 Å². The first-order chi connectivity index (χ1) is 12.2. The number of anilines is 1. The third-order valence-electron chi connectivity index (χ3n) is 5.29. The molecular formula is C19H28IN3O3. The van der Waals surface area contributed by atoms with Gasteiger partial charge < -0.3 is 25.3 Å². The second kappa shape index (κ2) is 8.86. The van der Waals surface area contributed by atoms with Crippen molar-refractivity contribution in [3.8, 4) is 0 Å². The van der Waals surface area contributed by atoms with E-state index in [9.17, 15) is 0 Å². The lowest BCUT2D eigenvalue weighted by atomic mass is 9.90. The van der Waals surface area contributed by atoms with E-state index in [4.69, 9.17) is 19.9 Å². The number of halogens is 1. The van der Waals surface area contributed by atoms with Gasteiger partial charge in [0, 0.05) is 18.5 Å². The molecule has 6 nitrogen and oxygen atoms in total. The van der Waals surface area contributed by atoms with Crippen LogP contribution in [0.1, 0.15) is 36.8 Å². The van der Waals surface area contributed by atoms with E-state index in [1.807, 2.05) is 0 Å². The summed E-state index contributed by atoms with van der Waals surface area (Å²) in [4.78, 5) is 4.48. The van der Waals surface area contributed by atoms with Gasteiger partial charge in [-0.3, -0.25) is 4.99 Å². The van der Waals surface area contributed by atoms with Crippen LogP contribution in [0.15, 0.2) is 23.2 Å². The zero-order valence-corrected chi connectivity index (χ0v) is 17.4. The third kappa shape index (κ3) is 4.49. The van der Waals surface area contributed by atoms with Crippen LogP contribution in [0.25, 0.3) is 0 Å². The SMILES string of the molecule is I.NC(=NCC1COC2(CCOCC2)O1)Nc1cccc2c1CCCC2. The molecule has 7 heteroatoms. The zero-order chi connectivity index (χ0) is 17.1. The molecule has 2 heterocycles. The van der Waals surface area contributed by atoms with Crippen molar-refractivity contribution in [2.75, 3.05) is 31.7 Å². The summed E-state index contributed by atoms with van der Waals surface area (Å²) in [6, 6.07) is 6.38. The summed E-state index contributed by atoms with van der Waals surface area (Å²) in [7, 11) is 0. The van der Waals surface area contributed by atoms with E-state index >= 15 is 0 Å². The minimum absolute atomic E-state index is 0. The molecule has 1 spiro atoms. The maximum Gasteiger partial charge on any atom is 0.193 e. The van der Waals surface area contributed by atoms with Crippen LogP contribution in [0.2, 0.25) is 0 Å². The average molecular weight is 473 g/mol. The summed E-state index contributed by atoms with van der Waals surface area (Å²) in [5.74, 6) is -0.0189. The number of rotatable bonds is 3. The molecule has 1 unspecified atom stereocenters. The van der Waals surface area contributed by atoms with Gasteiger partial charge in [0.05, 0.1) is 26.4 Å². The number of hydrogen-bond donors (Lipinski definition) is 2. The van der Waals surface area contributed by atoms with Crippen molar-refractivity contribution in [1.29, 1.82) is 0 Å². The first-order valence-corrected chi connectivity index (χ1v) is 9.31. The maximum absolute atomic E-state index is 6.11. The average Bonchev–Trinajstić information content (AvgIpc) is 3.03. The molecule has 2 fully saturated rings. The van der Waals surface area contributed by atoms with E-state index < -0.39 is 5.79 Å². The molecule has 0 saturated carbocycles. The van der Waals surface area contributed by atoms with Crippen molar-refractivity contribution in [3.05, 3.63) is 29.3 Å². The Bertz CT molecular complexity index is 647.